The number of hydrogen-bond acceptors (Lipinski definition) is 2. The summed E-state index contributed by atoms with van der Waals surface area (Å²) in [5.41, 5.74) is 0.697. The molecule has 0 heterocycles. The number of unbranched alkanes of at least 4 members (excludes halogenated alkanes) is 3. The van der Waals surface area contributed by atoms with Crippen molar-refractivity contribution in [1.29, 1.82) is 0 Å². The molecular weight excluding hydrogens is 176 g/mol. The summed E-state index contributed by atoms with van der Waals surface area (Å²) in [5, 5.41) is 0. The maximum Gasteiger partial charge on any atom is 0.333 e. The quantitative estimate of drug-likeness (QED) is 0.270. The highest BCUT2D eigenvalue weighted by Crippen LogP contribution is 2.04. The van der Waals surface area contributed by atoms with Crippen LogP contribution in [0.3, 0.4) is 0 Å². The second-order valence-corrected chi connectivity index (χ2v) is 3.27. The van der Waals surface area contributed by atoms with E-state index in [2.05, 4.69) is 13.5 Å². The Balaban J connectivity index is 3.73. The van der Waals surface area contributed by atoms with Crippen LogP contribution < -0.4 is 0 Å². The van der Waals surface area contributed by atoms with Gasteiger partial charge in [-0.15, -0.1) is 0 Å². The number of allylic oxidation sites excluding steroid dienone is 1. The molecule has 0 aromatic heterocycles. The van der Waals surface area contributed by atoms with Crippen molar-refractivity contribution in [3.63, 3.8) is 0 Å². The van der Waals surface area contributed by atoms with E-state index in [4.69, 9.17) is 4.74 Å². The minimum absolute atomic E-state index is 0.235. The third-order valence-electron chi connectivity index (χ3n) is 1.91. The maximum absolute atomic E-state index is 11.2. The van der Waals surface area contributed by atoms with E-state index in [9.17, 15) is 4.79 Å². The summed E-state index contributed by atoms with van der Waals surface area (Å²) in [6.45, 7) is 7.72. The monoisotopic (exact) mass is 196 g/mol. The van der Waals surface area contributed by atoms with E-state index < -0.39 is 0 Å². The molecule has 0 aliphatic heterocycles. The predicted octanol–water partition coefficient (Wildman–Crippen LogP) is 3.24. The van der Waals surface area contributed by atoms with Gasteiger partial charge in [0.25, 0.3) is 0 Å². The van der Waals surface area contributed by atoms with Crippen LogP contribution in [0.15, 0.2) is 24.3 Å². The topological polar surface area (TPSA) is 26.3 Å². The summed E-state index contributed by atoms with van der Waals surface area (Å²) in [6.07, 6.45) is 8.04. The summed E-state index contributed by atoms with van der Waals surface area (Å²) in [6, 6.07) is 0. The Bertz CT molecular complexity index is 204. The lowest BCUT2D eigenvalue weighted by molar-refractivity contribution is -0.137. The number of hydrogen-bond donors (Lipinski definition) is 0. The summed E-state index contributed by atoms with van der Waals surface area (Å²) in [4.78, 5) is 11.2. The molecule has 2 nitrogen and oxygen atoms in total. The van der Waals surface area contributed by atoms with Gasteiger partial charge in [-0.05, 0) is 19.8 Å². The maximum atomic E-state index is 11.2. The molecule has 0 saturated carbocycles. The van der Waals surface area contributed by atoms with Crippen LogP contribution >= 0.6 is 0 Å². The van der Waals surface area contributed by atoms with Gasteiger partial charge in [0.05, 0.1) is 0 Å². The smallest absolute Gasteiger partial charge is 0.333 e. The normalized spacial score (nSPS) is 11.1. The van der Waals surface area contributed by atoms with Crippen molar-refractivity contribution in [3.05, 3.63) is 24.3 Å². The molecule has 0 saturated heterocycles. The molecule has 0 fully saturated rings. The molecule has 2 heteroatoms. The van der Waals surface area contributed by atoms with Gasteiger partial charge >= 0.3 is 5.97 Å². The first-order valence-corrected chi connectivity index (χ1v) is 5.17. The first kappa shape index (κ1) is 12.9. The zero-order chi connectivity index (χ0) is 10.8. The summed E-state index contributed by atoms with van der Waals surface area (Å²) in [5.74, 6) is -0.235. The molecule has 0 aliphatic carbocycles. The third-order valence-corrected chi connectivity index (χ3v) is 1.91. The molecule has 0 radical (unpaired) electrons. The highest BCUT2D eigenvalue weighted by Gasteiger charge is 2.02. The SMILES string of the molecule is C=CCOC(=O)C(C)=CCCCCC. The van der Waals surface area contributed by atoms with Gasteiger partial charge in [-0.1, -0.05) is 38.5 Å². The van der Waals surface area contributed by atoms with Crippen molar-refractivity contribution < 1.29 is 9.53 Å². The number of carbonyl (C=O) groups is 1. The van der Waals surface area contributed by atoms with Crippen LogP contribution in [0.5, 0.6) is 0 Å². The summed E-state index contributed by atoms with van der Waals surface area (Å²) >= 11 is 0. The molecule has 0 aliphatic rings. The van der Waals surface area contributed by atoms with E-state index in [1.54, 1.807) is 13.0 Å². The number of rotatable bonds is 7. The van der Waals surface area contributed by atoms with Crippen molar-refractivity contribution in [2.75, 3.05) is 6.61 Å². The molecule has 80 valence electrons. The lowest BCUT2D eigenvalue weighted by Gasteiger charge is -2.01. The molecule has 0 N–H and O–H groups in total. The Morgan fingerprint density at radius 3 is 2.71 bits per heavy atom. The molecule has 0 aromatic carbocycles. The second-order valence-electron chi connectivity index (χ2n) is 3.27. The van der Waals surface area contributed by atoms with E-state index in [1.165, 1.54) is 12.8 Å². The van der Waals surface area contributed by atoms with Crippen molar-refractivity contribution >= 4 is 5.97 Å². The van der Waals surface area contributed by atoms with Crippen LogP contribution in [0.4, 0.5) is 0 Å². The average molecular weight is 196 g/mol. The van der Waals surface area contributed by atoms with Gasteiger partial charge in [0, 0.05) is 5.57 Å². The van der Waals surface area contributed by atoms with Crippen LogP contribution in [0.25, 0.3) is 0 Å². The first-order chi connectivity index (χ1) is 6.72. The number of ether oxygens (including phenoxy) is 1. The van der Waals surface area contributed by atoms with Crippen molar-refractivity contribution in [2.45, 2.75) is 39.5 Å². The van der Waals surface area contributed by atoms with Gasteiger partial charge in [-0.25, -0.2) is 4.79 Å². The van der Waals surface area contributed by atoms with Gasteiger partial charge in [0.15, 0.2) is 0 Å². The van der Waals surface area contributed by atoms with Gasteiger partial charge in [-0.2, -0.15) is 0 Å². The lowest BCUT2D eigenvalue weighted by atomic mass is 10.1. The minimum atomic E-state index is -0.235. The fourth-order valence-corrected chi connectivity index (χ4v) is 1.04. The molecular formula is C12H20O2. The fourth-order valence-electron chi connectivity index (χ4n) is 1.04. The molecule has 0 rings (SSSR count). The van der Waals surface area contributed by atoms with E-state index in [0.717, 1.165) is 12.8 Å². The standard InChI is InChI=1S/C12H20O2/c1-4-6-7-8-9-11(3)12(13)14-10-5-2/h5,9H,2,4,6-8,10H2,1,3H3. The fraction of sp³-hybridized carbons (Fsp3) is 0.583. The number of carbonyl (C=O) groups excluding carboxylic acids is 1. The average Bonchev–Trinajstić information content (AvgIpc) is 2.20. The third kappa shape index (κ3) is 6.46. The lowest BCUT2D eigenvalue weighted by Crippen LogP contribution is -2.05. The van der Waals surface area contributed by atoms with Crippen molar-refractivity contribution in [2.24, 2.45) is 0 Å². The molecule has 14 heavy (non-hydrogen) atoms. The van der Waals surface area contributed by atoms with Gasteiger partial charge < -0.3 is 4.74 Å². The van der Waals surface area contributed by atoms with Crippen LogP contribution in [0.2, 0.25) is 0 Å². The summed E-state index contributed by atoms with van der Waals surface area (Å²) < 4.78 is 4.88. The van der Waals surface area contributed by atoms with Crippen LogP contribution in [-0.2, 0) is 9.53 Å². The van der Waals surface area contributed by atoms with Crippen LogP contribution in [-0.4, -0.2) is 12.6 Å². The van der Waals surface area contributed by atoms with Crippen molar-refractivity contribution in [3.8, 4) is 0 Å². The molecule has 0 atom stereocenters. The Morgan fingerprint density at radius 2 is 2.14 bits per heavy atom. The molecule has 0 spiro atoms. The van der Waals surface area contributed by atoms with Gasteiger partial charge in [0.1, 0.15) is 6.61 Å². The van der Waals surface area contributed by atoms with Gasteiger partial charge in [-0.3, -0.25) is 0 Å². The molecule has 0 unspecified atom stereocenters. The van der Waals surface area contributed by atoms with Crippen molar-refractivity contribution in [1.82, 2.24) is 0 Å². The molecule has 0 amide bonds. The Kier molecular flexibility index (Phi) is 7.90. The Labute approximate surface area is 86.6 Å². The van der Waals surface area contributed by atoms with Crippen LogP contribution in [0.1, 0.15) is 39.5 Å². The zero-order valence-corrected chi connectivity index (χ0v) is 9.21. The van der Waals surface area contributed by atoms with E-state index in [1.807, 2.05) is 6.08 Å². The first-order valence-electron chi connectivity index (χ1n) is 5.17. The minimum Gasteiger partial charge on any atom is -0.458 e. The largest absolute Gasteiger partial charge is 0.458 e. The van der Waals surface area contributed by atoms with E-state index >= 15 is 0 Å². The zero-order valence-electron chi connectivity index (χ0n) is 9.21. The highest BCUT2D eigenvalue weighted by atomic mass is 16.5. The van der Waals surface area contributed by atoms with E-state index in [-0.39, 0.29) is 5.97 Å². The molecule has 0 bridgehead atoms. The number of esters is 1. The van der Waals surface area contributed by atoms with Gasteiger partial charge in [0.2, 0.25) is 0 Å². The second kappa shape index (κ2) is 8.54. The highest BCUT2D eigenvalue weighted by molar-refractivity contribution is 5.87. The van der Waals surface area contributed by atoms with E-state index in [0.29, 0.717) is 12.2 Å². The Hall–Kier alpha value is -1.05. The molecule has 0 aromatic rings. The predicted molar refractivity (Wildman–Crippen MR) is 59.1 cm³/mol. The summed E-state index contributed by atoms with van der Waals surface area (Å²) in [7, 11) is 0. The van der Waals surface area contributed by atoms with Crippen LogP contribution in [0, 0.1) is 0 Å². The Morgan fingerprint density at radius 1 is 1.43 bits per heavy atom.